The van der Waals surface area contributed by atoms with E-state index in [1.807, 2.05) is 34.7 Å². The Hall–Kier alpha value is -0.0800. The molecule has 0 bridgehead atoms. The molecule has 0 aromatic heterocycles. The van der Waals surface area contributed by atoms with Crippen molar-refractivity contribution < 1.29 is 5.11 Å². The number of rotatable bonds is 4. The maximum atomic E-state index is 8.96. The highest BCUT2D eigenvalue weighted by molar-refractivity contribution is 4.69. The molecule has 1 unspecified atom stereocenters. The molecule has 1 N–H and O–H groups in total. The predicted octanol–water partition coefficient (Wildman–Crippen LogP) is 3.01. The highest BCUT2D eigenvalue weighted by atomic mass is 16.3. The van der Waals surface area contributed by atoms with Crippen LogP contribution >= 0.6 is 0 Å². The Bertz CT molecular complexity index is 84.4. The van der Waals surface area contributed by atoms with E-state index < -0.39 is 0 Å². The molecule has 2 heteroatoms. The molecule has 0 saturated heterocycles. The molecule has 0 aromatic rings. The van der Waals surface area contributed by atoms with Gasteiger partial charge in [-0.3, -0.25) is 0 Å². The van der Waals surface area contributed by atoms with Gasteiger partial charge >= 0.3 is 0 Å². The van der Waals surface area contributed by atoms with E-state index in [1.165, 1.54) is 0 Å². The van der Waals surface area contributed by atoms with Crippen molar-refractivity contribution in [3.05, 3.63) is 0 Å². The van der Waals surface area contributed by atoms with Gasteiger partial charge in [-0.1, -0.05) is 48.5 Å². The molecule has 0 rings (SSSR count). The highest BCUT2D eigenvalue weighted by Gasteiger charge is 2.15. The zero-order chi connectivity index (χ0) is 12.1. The first kappa shape index (κ1) is 19.5. The van der Waals surface area contributed by atoms with Crippen molar-refractivity contribution in [2.75, 3.05) is 20.2 Å². The Kier molecular flexibility index (Phi) is 21.4. The summed E-state index contributed by atoms with van der Waals surface area (Å²) in [5.41, 5.74) is 0. The quantitative estimate of drug-likeness (QED) is 0.762. The van der Waals surface area contributed by atoms with Crippen molar-refractivity contribution in [2.45, 2.75) is 54.5 Å². The number of aliphatic hydroxyl groups is 1. The fraction of sp³-hybridized carbons (Fsp3) is 1.00. The number of nitrogens with zero attached hydrogens (tertiary/aromatic N) is 1. The van der Waals surface area contributed by atoms with E-state index in [9.17, 15) is 0 Å². The van der Waals surface area contributed by atoms with Gasteiger partial charge in [0, 0.05) is 6.04 Å². The lowest BCUT2D eigenvalue weighted by Gasteiger charge is -2.28. The average molecular weight is 205 g/mol. The van der Waals surface area contributed by atoms with Gasteiger partial charge in [-0.2, -0.15) is 0 Å². The van der Waals surface area contributed by atoms with Crippen LogP contribution in [-0.4, -0.2) is 36.2 Å². The lowest BCUT2D eigenvalue weighted by Crippen LogP contribution is -2.38. The summed E-state index contributed by atoms with van der Waals surface area (Å²) in [6.45, 7) is 15.6. The van der Waals surface area contributed by atoms with Crippen LogP contribution in [0.1, 0.15) is 48.5 Å². The summed E-state index contributed by atoms with van der Waals surface area (Å²) in [6, 6.07) is 0.324. The first-order chi connectivity index (χ1) is 6.63. The summed E-state index contributed by atoms with van der Waals surface area (Å²) in [5.74, 6) is 0.537. The van der Waals surface area contributed by atoms with Gasteiger partial charge in [0.25, 0.3) is 0 Å². The fourth-order valence-corrected chi connectivity index (χ4v) is 1.09. The highest BCUT2D eigenvalue weighted by Crippen LogP contribution is 2.06. The Balaban J connectivity index is -0.000000266. The number of hydrogen-bond acceptors (Lipinski definition) is 2. The van der Waals surface area contributed by atoms with E-state index in [0.717, 1.165) is 6.54 Å². The molecular weight excluding hydrogens is 174 g/mol. The van der Waals surface area contributed by atoms with E-state index in [2.05, 4.69) is 25.7 Å². The summed E-state index contributed by atoms with van der Waals surface area (Å²) in [6.07, 6.45) is 0. The van der Waals surface area contributed by atoms with Gasteiger partial charge in [0.05, 0.1) is 6.61 Å². The largest absolute Gasteiger partial charge is 0.395 e. The lowest BCUT2D eigenvalue weighted by molar-refractivity contribution is 0.117. The second-order valence-electron chi connectivity index (χ2n) is 3.07. The second-order valence-corrected chi connectivity index (χ2v) is 3.07. The van der Waals surface area contributed by atoms with Crippen molar-refractivity contribution in [3.63, 3.8) is 0 Å². The molecule has 0 radical (unpaired) electrons. The normalized spacial score (nSPS) is 11.4. The van der Waals surface area contributed by atoms with Gasteiger partial charge in [-0.15, -0.1) is 0 Å². The Morgan fingerprint density at radius 1 is 1.07 bits per heavy atom. The van der Waals surface area contributed by atoms with Crippen LogP contribution in [0.5, 0.6) is 0 Å². The molecule has 0 aliphatic rings. The van der Waals surface area contributed by atoms with Crippen molar-refractivity contribution >= 4 is 0 Å². The fourth-order valence-electron chi connectivity index (χ4n) is 1.09. The zero-order valence-electron chi connectivity index (χ0n) is 11.5. The van der Waals surface area contributed by atoms with Gasteiger partial charge in [0.1, 0.15) is 0 Å². The van der Waals surface area contributed by atoms with Crippen LogP contribution in [-0.2, 0) is 0 Å². The van der Waals surface area contributed by atoms with Crippen molar-refractivity contribution in [1.29, 1.82) is 0 Å². The van der Waals surface area contributed by atoms with E-state index in [1.54, 1.807) is 0 Å². The number of likely N-dealkylation sites (N-methyl/N-ethyl adjacent to an activating group) is 1. The summed E-state index contributed by atoms with van der Waals surface area (Å²) in [5, 5.41) is 8.96. The molecule has 0 aliphatic heterocycles. The minimum absolute atomic E-state index is 0.266. The van der Waals surface area contributed by atoms with E-state index in [-0.39, 0.29) is 6.61 Å². The maximum Gasteiger partial charge on any atom is 0.0589 e. The van der Waals surface area contributed by atoms with Crippen LogP contribution in [0.3, 0.4) is 0 Å². The molecule has 14 heavy (non-hydrogen) atoms. The molecule has 0 aromatic carbocycles. The molecule has 0 heterocycles. The molecule has 0 spiro atoms. The summed E-state index contributed by atoms with van der Waals surface area (Å²) < 4.78 is 0. The van der Waals surface area contributed by atoms with Gasteiger partial charge in [-0.05, 0) is 19.5 Å². The van der Waals surface area contributed by atoms with Crippen LogP contribution in [0.25, 0.3) is 0 Å². The van der Waals surface area contributed by atoms with Gasteiger partial charge in [0.15, 0.2) is 0 Å². The first-order valence-corrected chi connectivity index (χ1v) is 5.94. The van der Waals surface area contributed by atoms with Gasteiger partial charge in [-0.25, -0.2) is 0 Å². The van der Waals surface area contributed by atoms with Crippen LogP contribution in [0.15, 0.2) is 0 Å². The van der Waals surface area contributed by atoms with Crippen molar-refractivity contribution in [2.24, 2.45) is 5.92 Å². The van der Waals surface area contributed by atoms with E-state index in [4.69, 9.17) is 5.11 Å². The smallest absolute Gasteiger partial charge is 0.0589 e. The molecule has 0 fully saturated rings. The SMILES string of the molecule is CC.CC.CCN(C)C(CO)C(C)C. The number of hydrogen-bond donors (Lipinski definition) is 1. The standard InChI is InChI=1S/C8H19NO.2C2H6/c1-5-9(4)8(6-10)7(2)3;2*1-2/h7-8,10H,5-6H2,1-4H3;2*1-2H3. The lowest BCUT2D eigenvalue weighted by atomic mass is 10.0. The molecule has 1 atom stereocenters. The van der Waals surface area contributed by atoms with Crippen molar-refractivity contribution in [3.8, 4) is 0 Å². The second kappa shape index (κ2) is 15.4. The van der Waals surface area contributed by atoms with Gasteiger partial charge in [0.2, 0.25) is 0 Å². The summed E-state index contributed by atoms with van der Waals surface area (Å²) in [4.78, 5) is 2.17. The Morgan fingerprint density at radius 2 is 1.43 bits per heavy atom. The molecule has 2 nitrogen and oxygen atoms in total. The van der Waals surface area contributed by atoms with Gasteiger partial charge < -0.3 is 10.0 Å². The molecule has 0 amide bonds. The van der Waals surface area contributed by atoms with Crippen LogP contribution in [0, 0.1) is 5.92 Å². The third-order valence-corrected chi connectivity index (χ3v) is 2.02. The Morgan fingerprint density at radius 3 is 1.50 bits per heavy atom. The number of aliphatic hydroxyl groups excluding tert-OH is 1. The average Bonchev–Trinajstić information content (AvgIpc) is 2.24. The summed E-state index contributed by atoms with van der Waals surface area (Å²) >= 11 is 0. The minimum Gasteiger partial charge on any atom is -0.395 e. The molecule has 0 saturated carbocycles. The van der Waals surface area contributed by atoms with Crippen molar-refractivity contribution in [1.82, 2.24) is 4.90 Å². The van der Waals surface area contributed by atoms with E-state index in [0.29, 0.717) is 12.0 Å². The zero-order valence-corrected chi connectivity index (χ0v) is 11.5. The van der Waals surface area contributed by atoms with Crippen LogP contribution < -0.4 is 0 Å². The third-order valence-electron chi connectivity index (χ3n) is 2.02. The first-order valence-electron chi connectivity index (χ1n) is 5.94. The van der Waals surface area contributed by atoms with Crippen LogP contribution in [0.2, 0.25) is 0 Å². The molecule has 90 valence electrons. The van der Waals surface area contributed by atoms with Crippen LogP contribution in [0.4, 0.5) is 0 Å². The third kappa shape index (κ3) is 10.0. The molecule has 0 aliphatic carbocycles. The predicted molar refractivity (Wildman–Crippen MR) is 66.7 cm³/mol. The monoisotopic (exact) mass is 205 g/mol. The Labute approximate surface area is 91.3 Å². The topological polar surface area (TPSA) is 23.5 Å². The summed E-state index contributed by atoms with van der Waals surface area (Å²) in [7, 11) is 2.04. The molecular formula is C12H31NO. The minimum atomic E-state index is 0.266. The maximum absolute atomic E-state index is 8.96. The van der Waals surface area contributed by atoms with E-state index >= 15 is 0 Å².